The van der Waals surface area contributed by atoms with Crippen molar-refractivity contribution in [1.29, 1.82) is 0 Å². The fraction of sp³-hybridized carbons (Fsp3) is 0.409. The number of benzene rings is 2. The van der Waals surface area contributed by atoms with E-state index in [0.29, 0.717) is 22.6 Å². The van der Waals surface area contributed by atoms with Gasteiger partial charge in [-0.05, 0) is 35.4 Å². The fourth-order valence-electron chi connectivity index (χ4n) is 3.62. The number of amides is 1. The second-order valence-corrected chi connectivity index (χ2v) is 9.82. The lowest BCUT2D eigenvalue weighted by Crippen LogP contribution is -2.52. The number of carboxylic acid groups (broad SMARTS) is 1. The number of alkyl halides is 1. The van der Waals surface area contributed by atoms with Crippen LogP contribution in [-0.2, 0) is 23.1 Å². The Labute approximate surface area is 187 Å². The molecule has 8 nitrogen and oxygen atoms in total. The minimum Gasteiger partial charge on any atom is -0.497 e. The van der Waals surface area contributed by atoms with Gasteiger partial charge >= 0.3 is 6.09 Å². The Bertz CT molecular complexity index is 970. The molecule has 1 heterocycles. The van der Waals surface area contributed by atoms with E-state index in [9.17, 15) is 13.2 Å². The number of sulfonamides is 1. The van der Waals surface area contributed by atoms with E-state index in [1.165, 1.54) is 14.2 Å². The van der Waals surface area contributed by atoms with Crippen molar-refractivity contribution in [2.45, 2.75) is 30.9 Å². The van der Waals surface area contributed by atoms with Crippen LogP contribution in [0.2, 0.25) is 0 Å². The number of hydrogen-bond donors (Lipinski definition) is 1. The van der Waals surface area contributed by atoms with E-state index in [2.05, 4.69) is 0 Å². The molecular weight excluding hydrogens is 439 g/mol. The second kappa shape index (κ2) is 9.74. The van der Waals surface area contributed by atoms with Crippen molar-refractivity contribution in [3.63, 3.8) is 0 Å². The quantitative estimate of drug-likeness (QED) is 0.640. The summed E-state index contributed by atoms with van der Waals surface area (Å²) >= 11 is 0. The van der Waals surface area contributed by atoms with Gasteiger partial charge in [0.1, 0.15) is 11.5 Å². The number of nitrogens with zero attached hydrogens (tertiary/aromatic N) is 2. The molecule has 0 spiro atoms. The standard InChI is InChI=1S/C22H27FN2O6S/c1-30-19-7-3-17(4-8-19)15-25(16-18-5-9-20(31-2)10-6-18)32(28,29)22(23)11-13-24(14-12-22)21(26)27/h3-10H,11-16H2,1-2H3,(H,26,27). The van der Waals surface area contributed by atoms with Crippen LogP contribution in [0.3, 0.4) is 0 Å². The van der Waals surface area contributed by atoms with Crippen molar-refractivity contribution >= 4 is 16.1 Å². The summed E-state index contributed by atoms with van der Waals surface area (Å²) in [5.41, 5.74) is 1.35. The van der Waals surface area contributed by atoms with E-state index in [4.69, 9.17) is 14.6 Å². The Balaban J connectivity index is 1.89. The highest BCUT2D eigenvalue weighted by molar-refractivity contribution is 7.90. The summed E-state index contributed by atoms with van der Waals surface area (Å²) in [4.78, 5) is 12.2. The zero-order valence-electron chi connectivity index (χ0n) is 18.0. The molecule has 1 aliphatic heterocycles. The lowest BCUT2D eigenvalue weighted by atomic mass is 10.1. The van der Waals surface area contributed by atoms with Gasteiger partial charge < -0.3 is 19.5 Å². The van der Waals surface area contributed by atoms with E-state index in [0.717, 1.165) is 9.21 Å². The molecule has 0 radical (unpaired) electrons. The lowest BCUT2D eigenvalue weighted by Gasteiger charge is -2.37. The van der Waals surface area contributed by atoms with E-state index in [1.807, 2.05) is 0 Å². The van der Waals surface area contributed by atoms with Crippen LogP contribution in [0.5, 0.6) is 11.5 Å². The zero-order valence-corrected chi connectivity index (χ0v) is 18.8. The molecule has 1 aliphatic rings. The summed E-state index contributed by atoms with van der Waals surface area (Å²) in [5.74, 6) is 1.25. The highest BCUT2D eigenvalue weighted by atomic mass is 32.2. The monoisotopic (exact) mass is 466 g/mol. The van der Waals surface area contributed by atoms with Crippen LogP contribution >= 0.6 is 0 Å². The summed E-state index contributed by atoms with van der Waals surface area (Å²) in [7, 11) is -1.35. The predicted octanol–water partition coefficient (Wildman–Crippen LogP) is 3.48. The van der Waals surface area contributed by atoms with Crippen LogP contribution in [0.25, 0.3) is 0 Å². The van der Waals surface area contributed by atoms with Crippen molar-refractivity contribution in [1.82, 2.24) is 9.21 Å². The predicted molar refractivity (Wildman–Crippen MR) is 117 cm³/mol. The van der Waals surface area contributed by atoms with Crippen molar-refractivity contribution in [2.24, 2.45) is 0 Å². The van der Waals surface area contributed by atoms with Gasteiger partial charge in [-0.2, -0.15) is 4.31 Å². The van der Waals surface area contributed by atoms with Gasteiger partial charge in [0.2, 0.25) is 15.0 Å². The molecule has 0 aromatic heterocycles. The first-order chi connectivity index (χ1) is 15.2. The molecule has 174 valence electrons. The molecule has 0 saturated carbocycles. The number of likely N-dealkylation sites (tertiary alicyclic amines) is 1. The Morgan fingerprint density at radius 2 is 1.38 bits per heavy atom. The lowest BCUT2D eigenvalue weighted by molar-refractivity contribution is 0.0963. The van der Waals surface area contributed by atoms with Crippen LogP contribution in [0.4, 0.5) is 9.18 Å². The molecule has 0 atom stereocenters. The van der Waals surface area contributed by atoms with Crippen molar-refractivity contribution in [2.75, 3.05) is 27.3 Å². The number of halogens is 1. The van der Waals surface area contributed by atoms with Gasteiger partial charge in [0.05, 0.1) is 14.2 Å². The normalized spacial score (nSPS) is 16.1. The third kappa shape index (κ3) is 5.13. The zero-order chi connectivity index (χ0) is 23.4. The number of carbonyl (C=O) groups is 1. The minimum atomic E-state index is -4.42. The summed E-state index contributed by atoms with van der Waals surface area (Å²) in [6.45, 7) is -0.423. The molecule has 1 amide bonds. The number of hydrogen-bond acceptors (Lipinski definition) is 5. The maximum absolute atomic E-state index is 15.8. The molecule has 3 rings (SSSR count). The molecule has 10 heteroatoms. The molecule has 1 saturated heterocycles. The Kier molecular flexibility index (Phi) is 7.25. The van der Waals surface area contributed by atoms with Crippen LogP contribution in [0.1, 0.15) is 24.0 Å². The SMILES string of the molecule is COc1ccc(CN(Cc2ccc(OC)cc2)S(=O)(=O)C2(F)CCN(C(=O)O)CC2)cc1. The number of ether oxygens (including phenoxy) is 2. The highest BCUT2D eigenvalue weighted by Crippen LogP contribution is 2.36. The minimum absolute atomic E-state index is 0.0350. The van der Waals surface area contributed by atoms with E-state index in [1.54, 1.807) is 48.5 Å². The molecule has 0 aliphatic carbocycles. The summed E-state index contributed by atoms with van der Waals surface area (Å²) in [6, 6.07) is 13.8. The van der Waals surface area contributed by atoms with E-state index >= 15 is 4.39 Å². The number of methoxy groups -OCH3 is 2. The topological polar surface area (TPSA) is 96.4 Å². The summed E-state index contributed by atoms with van der Waals surface area (Å²) in [5, 5.41) is 6.57. The number of piperidine rings is 1. The second-order valence-electron chi connectivity index (χ2n) is 7.62. The molecule has 32 heavy (non-hydrogen) atoms. The molecule has 1 fully saturated rings. The van der Waals surface area contributed by atoms with Crippen molar-refractivity contribution in [3.8, 4) is 11.5 Å². The third-order valence-electron chi connectivity index (χ3n) is 5.62. The van der Waals surface area contributed by atoms with Crippen LogP contribution in [0, 0.1) is 0 Å². The van der Waals surface area contributed by atoms with Gasteiger partial charge in [-0.15, -0.1) is 0 Å². The average Bonchev–Trinajstić information content (AvgIpc) is 2.79. The Morgan fingerprint density at radius 1 is 0.969 bits per heavy atom. The van der Waals surface area contributed by atoms with E-state index < -0.39 is 34.0 Å². The first-order valence-electron chi connectivity index (χ1n) is 10.1. The molecule has 2 aromatic carbocycles. The van der Waals surface area contributed by atoms with E-state index in [-0.39, 0.29) is 26.2 Å². The molecule has 2 aromatic rings. The maximum atomic E-state index is 15.8. The third-order valence-corrected chi connectivity index (χ3v) is 7.89. The average molecular weight is 467 g/mol. The molecule has 0 unspecified atom stereocenters. The summed E-state index contributed by atoms with van der Waals surface area (Å²) in [6.07, 6.45) is -2.01. The van der Waals surface area contributed by atoms with Crippen LogP contribution < -0.4 is 9.47 Å². The smallest absolute Gasteiger partial charge is 0.407 e. The fourth-order valence-corrected chi connectivity index (χ4v) is 5.42. The highest BCUT2D eigenvalue weighted by Gasteiger charge is 2.50. The Morgan fingerprint density at radius 3 is 1.72 bits per heavy atom. The largest absolute Gasteiger partial charge is 0.497 e. The first kappa shape index (κ1) is 23.8. The molecular formula is C22H27FN2O6S. The van der Waals surface area contributed by atoms with Gasteiger partial charge in [-0.25, -0.2) is 17.6 Å². The number of rotatable bonds is 8. The molecule has 0 bridgehead atoms. The van der Waals surface area contributed by atoms with Gasteiger partial charge in [-0.3, -0.25) is 0 Å². The Hall–Kier alpha value is -2.85. The van der Waals surface area contributed by atoms with Gasteiger partial charge in [-0.1, -0.05) is 24.3 Å². The maximum Gasteiger partial charge on any atom is 0.407 e. The van der Waals surface area contributed by atoms with Crippen molar-refractivity contribution < 1.29 is 32.2 Å². The van der Waals surface area contributed by atoms with Gasteiger partial charge in [0.25, 0.3) is 0 Å². The van der Waals surface area contributed by atoms with Gasteiger partial charge in [0.15, 0.2) is 0 Å². The van der Waals surface area contributed by atoms with Crippen LogP contribution in [0.15, 0.2) is 48.5 Å². The van der Waals surface area contributed by atoms with Gasteiger partial charge in [0, 0.05) is 39.0 Å². The molecule has 1 N–H and O–H groups in total. The summed E-state index contributed by atoms with van der Waals surface area (Å²) < 4.78 is 54.1. The first-order valence-corrected chi connectivity index (χ1v) is 11.5. The van der Waals surface area contributed by atoms with Crippen molar-refractivity contribution in [3.05, 3.63) is 59.7 Å². The van der Waals surface area contributed by atoms with Crippen LogP contribution in [-0.4, -0.2) is 61.1 Å².